The van der Waals surface area contributed by atoms with Crippen LogP contribution < -0.4 is 0 Å². The second-order valence-electron chi connectivity index (χ2n) is 3.69. The van der Waals surface area contributed by atoms with Gasteiger partial charge in [0.1, 0.15) is 5.82 Å². The third-order valence-electron chi connectivity index (χ3n) is 2.23. The molecule has 0 unspecified atom stereocenters. The van der Waals surface area contributed by atoms with E-state index < -0.39 is 0 Å². The maximum Gasteiger partial charge on any atom is 0.128 e. The van der Waals surface area contributed by atoms with Crippen LogP contribution in [0.15, 0.2) is 24.5 Å². The zero-order chi connectivity index (χ0) is 10.7. The molecular weight excluding hydrogens is 204 g/mol. The van der Waals surface area contributed by atoms with Gasteiger partial charge in [0.25, 0.3) is 0 Å². The zero-order valence-electron chi connectivity index (χ0n) is 9.03. The number of aryl methyl sites for hydroxylation is 4. The highest BCUT2D eigenvalue weighted by Gasteiger charge is 2.00. The number of thiophene rings is 1. The smallest absolute Gasteiger partial charge is 0.128 e. The van der Waals surface area contributed by atoms with Crippen molar-refractivity contribution >= 4 is 11.3 Å². The van der Waals surface area contributed by atoms with E-state index in [1.807, 2.05) is 30.7 Å². The number of nitrogens with zero attached hydrogens (tertiary/aromatic N) is 2. The zero-order valence-corrected chi connectivity index (χ0v) is 9.84. The Labute approximate surface area is 94.0 Å². The summed E-state index contributed by atoms with van der Waals surface area (Å²) >= 11 is 1.85. The summed E-state index contributed by atoms with van der Waals surface area (Å²) in [6.07, 6.45) is 5.73. The van der Waals surface area contributed by atoms with Gasteiger partial charge in [-0.2, -0.15) is 0 Å². The van der Waals surface area contributed by atoms with Crippen LogP contribution >= 0.6 is 11.3 Å². The van der Waals surface area contributed by atoms with Gasteiger partial charge >= 0.3 is 0 Å². The summed E-state index contributed by atoms with van der Waals surface area (Å²) in [4.78, 5) is 11.4. The molecule has 0 saturated heterocycles. The molecule has 0 aliphatic heterocycles. The number of hydrogen-bond acceptors (Lipinski definition) is 3. The lowest BCUT2D eigenvalue weighted by molar-refractivity contribution is 0.862. The van der Waals surface area contributed by atoms with Crippen molar-refractivity contribution in [3.8, 4) is 0 Å². The van der Waals surface area contributed by atoms with Crippen LogP contribution in [0, 0.1) is 13.8 Å². The van der Waals surface area contributed by atoms with E-state index in [0.29, 0.717) is 0 Å². The van der Waals surface area contributed by atoms with E-state index in [4.69, 9.17) is 0 Å². The summed E-state index contributed by atoms with van der Waals surface area (Å²) in [6.45, 7) is 4.14. The van der Waals surface area contributed by atoms with E-state index in [1.54, 1.807) is 0 Å². The van der Waals surface area contributed by atoms with Crippen molar-refractivity contribution in [2.75, 3.05) is 0 Å². The van der Waals surface area contributed by atoms with Crippen LogP contribution in [0.25, 0.3) is 0 Å². The van der Waals surface area contributed by atoms with Crippen molar-refractivity contribution in [2.45, 2.75) is 26.7 Å². The molecule has 15 heavy (non-hydrogen) atoms. The molecule has 0 amide bonds. The topological polar surface area (TPSA) is 25.8 Å². The monoisotopic (exact) mass is 218 g/mol. The molecule has 0 aromatic carbocycles. The number of rotatable bonds is 3. The Bertz CT molecular complexity index is 431. The maximum absolute atomic E-state index is 4.29. The van der Waals surface area contributed by atoms with E-state index >= 15 is 0 Å². The third-order valence-corrected chi connectivity index (χ3v) is 3.29. The lowest BCUT2D eigenvalue weighted by atomic mass is 10.2. The predicted molar refractivity (Wildman–Crippen MR) is 63.2 cm³/mol. The minimum absolute atomic E-state index is 0.931. The lowest BCUT2D eigenvalue weighted by Crippen LogP contribution is -1.96. The van der Waals surface area contributed by atoms with Crippen molar-refractivity contribution in [3.63, 3.8) is 0 Å². The van der Waals surface area contributed by atoms with Crippen LogP contribution in [0.3, 0.4) is 0 Å². The van der Waals surface area contributed by atoms with Gasteiger partial charge in [0.2, 0.25) is 0 Å². The molecule has 0 spiro atoms. The van der Waals surface area contributed by atoms with Crippen molar-refractivity contribution in [3.05, 3.63) is 45.7 Å². The van der Waals surface area contributed by atoms with Gasteiger partial charge in [-0.15, -0.1) is 11.3 Å². The second-order valence-corrected chi connectivity index (χ2v) is 5.06. The molecule has 2 aromatic rings. The van der Waals surface area contributed by atoms with Crippen LogP contribution in [-0.2, 0) is 12.8 Å². The lowest BCUT2D eigenvalue weighted by Gasteiger charge is -1.98. The Morgan fingerprint density at radius 2 is 1.80 bits per heavy atom. The molecule has 0 radical (unpaired) electrons. The first-order valence-electron chi connectivity index (χ1n) is 5.07. The highest BCUT2D eigenvalue weighted by molar-refractivity contribution is 7.11. The minimum atomic E-state index is 0.931. The van der Waals surface area contributed by atoms with Gasteiger partial charge in [0.15, 0.2) is 0 Å². The van der Waals surface area contributed by atoms with Crippen molar-refractivity contribution in [2.24, 2.45) is 0 Å². The summed E-state index contributed by atoms with van der Waals surface area (Å²) < 4.78 is 0. The molecule has 0 fully saturated rings. The first-order chi connectivity index (χ1) is 7.24. The molecule has 0 aliphatic carbocycles. The van der Waals surface area contributed by atoms with Crippen LogP contribution in [0.1, 0.15) is 21.1 Å². The quantitative estimate of drug-likeness (QED) is 0.791. The Hall–Kier alpha value is -1.22. The van der Waals surface area contributed by atoms with E-state index in [1.165, 1.54) is 9.75 Å². The van der Waals surface area contributed by atoms with E-state index in [9.17, 15) is 0 Å². The fourth-order valence-electron chi connectivity index (χ4n) is 1.40. The van der Waals surface area contributed by atoms with Crippen LogP contribution in [0.4, 0.5) is 0 Å². The molecule has 2 aromatic heterocycles. The molecule has 2 nitrogen and oxygen atoms in total. The van der Waals surface area contributed by atoms with Crippen molar-refractivity contribution in [1.82, 2.24) is 9.97 Å². The summed E-state index contributed by atoms with van der Waals surface area (Å²) in [7, 11) is 0. The fraction of sp³-hybridized carbons (Fsp3) is 0.333. The third kappa shape index (κ3) is 2.86. The highest BCUT2D eigenvalue weighted by Crippen LogP contribution is 2.16. The largest absolute Gasteiger partial charge is 0.241 e. The SMILES string of the molecule is Cc1cnc(CCc2ccc(C)s2)nc1. The Kier molecular flexibility index (Phi) is 3.11. The van der Waals surface area contributed by atoms with Crippen LogP contribution in [-0.4, -0.2) is 9.97 Å². The van der Waals surface area contributed by atoms with E-state index in [0.717, 1.165) is 24.2 Å². The Morgan fingerprint density at radius 1 is 1.07 bits per heavy atom. The summed E-state index contributed by atoms with van der Waals surface area (Å²) in [5, 5.41) is 0. The van der Waals surface area contributed by atoms with Gasteiger partial charge in [-0.1, -0.05) is 0 Å². The first-order valence-corrected chi connectivity index (χ1v) is 5.88. The van der Waals surface area contributed by atoms with Gasteiger partial charge in [-0.25, -0.2) is 9.97 Å². The Balaban J connectivity index is 1.96. The van der Waals surface area contributed by atoms with Gasteiger partial charge in [0, 0.05) is 28.6 Å². The molecule has 0 saturated carbocycles. The summed E-state index contributed by atoms with van der Waals surface area (Å²) in [5.74, 6) is 0.937. The first kappa shape index (κ1) is 10.3. The fourth-order valence-corrected chi connectivity index (χ4v) is 2.29. The molecule has 0 N–H and O–H groups in total. The molecule has 78 valence electrons. The van der Waals surface area contributed by atoms with Gasteiger partial charge in [0.05, 0.1) is 0 Å². The second kappa shape index (κ2) is 4.53. The number of hydrogen-bond donors (Lipinski definition) is 0. The van der Waals surface area contributed by atoms with Gasteiger partial charge in [-0.05, 0) is 38.0 Å². The standard InChI is InChI=1S/C12H14N2S/c1-9-7-13-12(14-8-9)6-5-11-4-3-10(2)15-11/h3-4,7-8H,5-6H2,1-2H3. The minimum Gasteiger partial charge on any atom is -0.241 e. The summed E-state index contributed by atoms with van der Waals surface area (Å²) in [6, 6.07) is 4.35. The van der Waals surface area contributed by atoms with E-state index in [2.05, 4.69) is 29.0 Å². The molecule has 0 aliphatic rings. The highest BCUT2D eigenvalue weighted by atomic mass is 32.1. The summed E-state index contributed by atoms with van der Waals surface area (Å²) in [5.41, 5.74) is 1.12. The normalized spacial score (nSPS) is 10.5. The van der Waals surface area contributed by atoms with Gasteiger partial charge < -0.3 is 0 Å². The molecule has 3 heteroatoms. The molecule has 0 atom stereocenters. The van der Waals surface area contributed by atoms with Crippen molar-refractivity contribution < 1.29 is 0 Å². The Morgan fingerprint density at radius 3 is 2.40 bits per heavy atom. The molecular formula is C12H14N2S. The van der Waals surface area contributed by atoms with Crippen molar-refractivity contribution in [1.29, 1.82) is 0 Å². The predicted octanol–water partition coefficient (Wildman–Crippen LogP) is 2.94. The molecule has 2 rings (SSSR count). The average molecular weight is 218 g/mol. The molecule has 0 bridgehead atoms. The van der Waals surface area contributed by atoms with E-state index in [-0.39, 0.29) is 0 Å². The number of aromatic nitrogens is 2. The van der Waals surface area contributed by atoms with Gasteiger partial charge in [-0.3, -0.25) is 0 Å². The molecule has 2 heterocycles. The van der Waals surface area contributed by atoms with Crippen LogP contribution in [0.5, 0.6) is 0 Å². The average Bonchev–Trinajstić information content (AvgIpc) is 2.64. The van der Waals surface area contributed by atoms with Crippen LogP contribution in [0.2, 0.25) is 0 Å². The maximum atomic E-state index is 4.29.